The van der Waals surface area contributed by atoms with Gasteiger partial charge in [0, 0.05) is 11.3 Å². The van der Waals surface area contributed by atoms with Crippen molar-refractivity contribution >= 4 is 27.5 Å². The number of methoxy groups -OCH3 is 1. The molecule has 37 heavy (non-hydrogen) atoms. The number of amidine groups is 1. The van der Waals surface area contributed by atoms with Crippen LogP contribution >= 0.6 is 0 Å². The third kappa shape index (κ3) is 5.27. The van der Waals surface area contributed by atoms with Gasteiger partial charge in [-0.05, 0) is 55.0 Å². The van der Waals surface area contributed by atoms with Crippen LogP contribution in [0.5, 0.6) is 5.75 Å². The lowest BCUT2D eigenvalue weighted by atomic mass is 10.0. The van der Waals surface area contributed by atoms with E-state index in [9.17, 15) is 8.42 Å². The van der Waals surface area contributed by atoms with Gasteiger partial charge in [-0.2, -0.15) is 8.42 Å². The Hall–Kier alpha value is -4.36. The van der Waals surface area contributed by atoms with Gasteiger partial charge in [-0.25, -0.2) is 0 Å². The first kappa shape index (κ1) is 24.3. The molecule has 6 nitrogen and oxygen atoms in total. The largest absolute Gasteiger partial charge is 0.497 e. The number of hydrogen-bond acceptors (Lipinski definition) is 4. The summed E-state index contributed by atoms with van der Waals surface area (Å²) in [4.78, 5) is 1.88. The number of sulfonamides is 1. The number of benzene rings is 4. The molecular weight excluding hydrogens is 484 g/mol. The molecule has 4 aromatic carbocycles. The maximum absolute atomic E-state index is 13.4. The minimum atomic E-state index is -4.07. The van der Waals surface area contributed by atoms with Gasteiger partial charge in [0.25, 0.3) is 10.0 Å². The summed E-state index contributed by atoms with van der Waals surface area (Å²) in [6.07, 6.45) is 1.98. The number of nitrogens with zero attached hydrogens (tertiary/aromatic N) is 2. The predicted molar refractivity (Wildman–Crippen MR) is 146 cm³/mol. The second-order valence-corrected chi connectivity index (χ2v) is 10.2. The third-order valence-electron chi connectivity index (χ3n) is 6.06. The van der Waals surface area contributed by atoms with Gasteiger partial charge < -0.3 is 9.47 Å². The summed E-state index contributed by atoms with van der Waals surface area (Å²) in [6.45, 7) is 1.90. The molecule has 186 valence electrons. The molecule has 1 aliphatic heterocycles. The molecular formula is C30H26N2O4S. The smallest absolute Gasteiger partial charge is 0.314 e. The number of hydrogen-bond donors (Lipinski definition) is 0. The van der Waals surface area contributed by atoms with Gasteiger partial charge in [-0.1, -0.05) is 78.4 Å². The average molecular weight is 511 g/mol. The fourth-order valence-corrected chi connectivity index (χ4v) is 5.03. The molecule has 0 spiro atoms. The molecule has 0 bridgehead atoms. The summed E-state index contributed by atoms with van der Waals surface area (Å²) >= 11 is 0. The number of aryl methyl sites for hydroxylation is 1. The summed E-state index contributed by atoms with van der Waals surface area (Å²) in [5.41, 5.74) is 3.43. The molecule has 0 saturated heterocycles. The summed E-state index contributed by atoms with van der Waals surface area (Å²) in [6, 6.07) is 32.9. The molecule has 0 fully saturated rings. The molecule has 0 saturated carbocycles. The lowest BCUT2D eigenvalue weighted by Gasteiger charge is -2.36. The molecule has 1 aliphatic rings. The summed E-state index contributed by atoms with van der Waals surface area (Å²) < 4.78 is 42.7. The van der Waals surface area contributed by atoms with Crippen LogP contribution in [0.25, 0.3) is 5.76 Å². The minimum absolute atomic E-state index is 0.0408. The van der Waals surface area contributed by atoms with Crippen LogP contribution < -0.4 is 9.64 Å². The van der Waals surface area contributed by atoms with Crippen molar-refractivity contribution in [1.29, 1.82) is 0 Å². The molecule has 5 rings (SSSR count). The Morgan fingerprint density at radius 3 is 2.05 bits per heavy atom. The molecule has 0 aliphatic carbocycles. The maximum Gasteiger partial charge on any atom is 0.314 e. The quantitative estimate of drug-likeness (QED) is 0.302. The zero-order valence-electron chi connectivity index (χ0n) is 20.5. The van der Waals surface area contributed by atoms with Crippen molar-refractivity contribution in [3.8, 4) is 5.75 Å². The van der Waals surface area contributed by atoms with Crippen molar-refractivity contribution in [2.45, 2.75) is 17.9 Å². The van der Waals surface area contributed by atoms with Gasteiger partial charge in [0.05, 0.1) is 18.0 Å². The Morgan fingerprint density at radius 2 is 1.43 bits per heavy atom. The van der Waals surface area contributed by atoms with Crippen molar-refractivity contribution in [3.63, 3.8) is 0 Å². The van der Waals surface area contributed by atoms with E-state index in [1.165, 1.54) is 0 Å². The maximum atomic E-state index is 13.4. The SMILES string of the molecule is COc1ccc(N2/C(=N\S(=O)(=O)c3ccc(C)cc3)OC(c3ccccc3)=CC2c2ccccc2)cc1. The van der Waals surface area contributed by atoms with Gasteiger partial charge in [0.1, 0.15) is 11.5 Å². The Kier molecular flexibility index (Phi) is 6.79. The van der Waals surface area contributed by atoms with Crippen LogP contribution in [-0.2, 0) is 14.8 Å². The zero-order chi connectivity index (χ0) is 25.8. The lowest BCUT2D eigenvalue weighted by molar-refractivity contribution is 0.414. The number of rotatable bonds is 6. The topological polar surface area (TPSA) is 68.2 Å². The third-order valence-corrected chi connectivity index (χ3v) is 7.33. The summed E-state index contributed by atoms with van der Waals surface area (Å²) in [5, 5.41) is 0. The van der Waals surface area contributed by atoms with E-state index in [4.69, 9.17) is 9.47 Å². The molecule has 0 amide bonds. The van der Waals surface area contributed by atoms with Crippen molar-refractivity contribution in [3.05, 3.63) is 132 Å². The Morgan fingerprint density at radius 1 is 0.811 bits per heavy atom. The molecule has 1 heterocycles. The molecule has 7 heteroatoms. The standard InChI is InChI=1S/C30H26N2O4S/c1-22-13-19-27(20-14-22)37(33,34)31-30-32(25-15-17-26(35-2)18-16-25)28(23-9-5-3-6-10-23)21-29(36-30)24-11-7-4-8-12-24/h3-21,28H,1-2H3/b31-30+. The molecule has 1 unspecified atom stereocenters. The van der Waals surface area contributed by atoms with Gasteiger partial charge in [0.2, 0.25) is 0 Å². The van der Waals surface area contributed by atoms with Gasteiger partial charge in [0.15, 0.2) is 0 Å². The van der Waals surface area contributed by atoms with E-state index in [2.05, 4.69) is 4.40 Å². The van der Waals surface area contributed by atoms with Crippen molar-refractivity contribution in [2.75, 3.05) is 12.0 Å². The second kappa shape index (κ2) is 10.3. The van der Waals surface area contributed by atoms with Crippen LogP contribution in [0.1, 0.15) is 22.7 Å². The fourth-order valence-electron chi connectivity index (χ4n) is 4.11. The van der Waals surface area contributed by atoms with Crippen LogP contribution in [0.3, 0.4) is 0 Å². The van der Waals surface area contributed by atoms with Gasteiger partial charge in [-0.3, -0.25) is 4.90 Å². The normalized spacial score (nSPS) is 16.7. The van der Waals surface area contributed by atoms with Crippen LogP contribution in [0.2, 0.25) is 0 Å². The number of ether oxygens (including phenoxy) is 2. The molecule has 0 radical (unpaired) electrons. The average Bonchev–Trinajstić information content (AvgIpc) is 2.94. The van der Waals surface area contributed by atoms with Crippen molar-refractivity contribution in [2.24, 2.45) is 4.40 Å². The Labute approximate surface area is 217 Å². The molecule has 4 aromatic rings. The number of anilines is 1. The van der Waals surface area contributed by atoms with E-state index in [-0.39, 0.29) is 17.0 Å². The first-order valence-electron chi connectivity index (χ1n) is 11.8. The second-order valence-electron chi connectivity index (χ2n) is 8.58. The summed E-state index contributed by atoms with van der Waals surface area (Å²) in [7, 11) is -2.47. The van der Waals surface area contributed by atoms with E-state index in [1.54, 1.807) is 36.3 Å². The molecule has 1 atom stereocenters. The highest BCUT2D eigenvalue weighted by Crippen LogP contribution is 2.38. The van der Waals surface area contributed by atoms with Crippen LogP contribution in [-0.4, -0.2) is 21.5 Å². The lowest BCUT2D eigenvalue weighted by Crippen LogP contribution is -2.39. The van der Waals surface area contributed by atoms with Crippen molar-refractivity contribution < 1.29 is 17.9 Å². The molecule has 0 aromatic heterocycles. The fraction of sp³-hybridized carbons (Fsp3) is 0.100. The van der Waals surface area contributed by atoms with E-state index in [0.29, 0.717) is 17.2 Å². The van der Waals surface area contributed by atoms with E-state index < -0.39 is 10.0 Å². The Balaban J connectivity index is 1.71. The zero-order valence-corrected chi connectivity index (χ0v) is 21.3. The van der Waals surface area contributed by atoms with E-state index in [0.717, 1.165) is 16.7 Å². The van der Waals surface area contributed by atoms with Crippen molar-refractivity contribution in [1.82, 2.24) is 0 Å². The van der Waals surface area contributed by atoms with Crippen LogP contribution in [0, 0.1) is 6.92 Å². The highest BCUT2D eigenvalue weighted by Gasteiger charge is 2.33. The molecule has 0 N–H and O–H groups in total. The van der Waals surface area contributed by atoms with E-state index >= 15 is 0 Å². The highest BCUT2D eigenvalue weighted by atomic mass is 32.2. The highest BCUT2D eigenvalue weighted by molar-refractivity contribution is 7.90. The first-order chi connectivity index (χ1) is 17.9. The monoisotopic (exact) mass is 510 g/mol. The van der Waals surface area contributed by atoms with Crippen LogP contribution in [0.15, 0.2) is 125 Å². The van der Waals surface area contributed by atoms with Crippen LogP contribution in [0.4, 0.5) is 5.69 Å². The predicted octanol–water partition coefficient (Wildman–Crippen LogP) is 6.37. The minimum Gasteiger partial charge on any atom is -0.497 e. The van der Waals surface area contributed by atoms with Gasteiger partial charge in [-0.15, -0.1) is 4.40 Å². The summed E-state index contributed by atoms with van der Waals surface area (Å²) in [5.74, 6) is 1.21. The van der Waals surface area contributed by atoms with Gasteiger partial charge >= 0.3 is 6.02 Å². The Bertz CT molecular complexity index is 1530. The van der Waals surface area contributed by atoms with E-state index in [1.807, 2.05) is 97.9 Å². The first-order valence-corrected chi connectivity index (χ1v) is 13.2.